The van der Waals surface area contributed by atoms with Crippen molar-refractivity contribution in [1.82, 2.24) is 10.2 Å². The van der Waals surface area contributed by atoms with Crippen molar-refractivity contribution < 1.29 is 0 Å². The lowest BCUT2D eigenvalue weighted by Gasteiger charge is -2.16. The fraction of sp³-hybridized carbons (Fsp3) is 0.647. The van der Waals surface area contributed by atoms with Crippen LogP contribution >= 0.6 is 0 Å². The molecule has 0 aliphatic carbocycles. The molecule has 0 spiro atoms. The van der Waals surface area contributed by atoms with Crippen molar-refractivity contribution in [1.29, 1.82) is 0 Å². The Morgan fingerprint density at radius 3 is 2.79 bits per heavy atom. The van der Waals surface area contributed by atoms with Crippen LogP contribution in [0.2, 0.25) is 0 Å². The molecule has 1 aromatic carbocycles. The van der Waals surface area contributed by atoms with E-state index in [1.807, 2.05) is 0 Å². The lowest BCUT2D eigenvalue weighted by atomic mass is 10.1. The van der Waals surface area contributed by atoms with Gasteiger partial charge in [-0.05, 0) is 49.9 Å². The molecule has 1 aliphatic rings. The summed E-state index contributed by atoms with van der Waals surface area (Å²) in [5, 5.41) is 3.59. The summed E-state index contributed by atoms with van der Waals surface area (Å²) < 4.78 is 0. The molecule has 1 saturated heterocycles. The Morgan fingerprint density at radius 1 is 1.26 bits per heavy atom. The van der Waals surface area contributed by atoms with Gasteiger partial charge in [0, 0.05) is 13.1 Å². The van der Waals surface area contributed by atoms with Crippen molar-refractivity contribution in [3.05, 3.63) is 35.9 Å². The van der Waals surface area contributed by atoms with Crippen LogP contribution in [0.3, 0.4) is 0 Å². The first-order valence-corrected chi connectivity index (χ1v) is 7.71. The Kier molecular flexibility index (Phi) is 5.87. The van der Waals surface area contributed by atoms with Crippen LogP contribution in [-0.2, 0) is 6.42 Å². The monoisotopic (exact) mass is 260 g/mol. The molecule has 0 saturated carbocycles. The Labute approximate surface area is 118 Å². The molecular weight excluding hydrogens is 232 g/mol. The molecule has 2 nitrogen and oxygen atoms in total. The van der Waals surface area contributed by atoms with Crippen LogP contribution < -0.4 is 5.32 Å². The van der Waals surface area contributed by atoms with E-state index in [1.165, 1.54) is 44.6 Å². The van der Waals surface area contributed by atoms with Crippen molar-refractivity contribution in [3.63, 3.8) is 0 Å². The maximum atomic E-state index is 3.59. The topological polar surface area (TPSA) is 15.3 Å². The molecule has 106 valence electrons. The third-order valence-corrected chi connectivity index (χ3v) is 3.92. The molecule has 1 N–H and O–H groups in total. The molecule has 1 fully saturated rings. The van der Waals surface area contributed by atoms with Gasteiger partial charge in [0.05, 0.1) is 0 Å². The molecule has 0 bridgehead atoms. The molecule has 0 radical (unpaired) electrons. The van der Waals surface area contributed by atoms with Crippen molar-refractivity contribution >= 4 is 0 Å². The number of hydrogen-bond donors (Lipinski definition) is 1. The smallest absolute Gasteiger partial charge is 0.00224 e. The van der Waals surface area contributed by atoms with E-state index in [0.717, 1.165) is 18.4 Å². The molecule has 19 heavy (non-hydrogen) atoms. The van der Waals surface area contributed by atoms with E-state index in [1.54, 1.807) is 0 Å². The molecule has 1 unspecified atom stereocenters. The third-order valence-electron chi connectivity index (χ3n) is 3.92. The number of likely N-dealkylation sites (tertiary alicyclic amines) is 1. The van der Waals surface area contributed by atoms with Crippen LogP contribution in [0.15, 0.2) is 30.3 Å². The van der Waals surface area contributed by atoms with Crippen LogP contribution in [-0.4, -0.2) is 37.6 Å². The van der Waals surface area contributed by atoms with Crippen LogP contribution in [0.5, 0.6) is 0 Å². The Balaban J connectivity index is 1.62. The first-order chi connectivity index (χ1) is 9.24. The number of nitrogens with one attached hydrogen (secondary N) is 1. The van der Waals surface area contributed by atoms with Gasteiger partial charge in [-0.15, -0.1) is 0 Å². The highest BCUT2D eigenvalue weighted by molar-refractivity contribution is 5.14. The van der Waals surface area contributed by atoms with Gasteiger partial charge in [0.15, 0.2) is 0 Å². The fourth-order valence-corrected chi connectivity index (χ4v) is 2.79. The zero-order valence-electron chi connectivity index (χ0n) is 12.4. The lowest BCUT2D eigenvalue weighted by Crippen LogP contribution is -2.29. The molecular formula is C17H28N2. The van der Waals surface area contributed by atoms with Crippen molar-refractivity contribution in [3.8, 4) is 0 Å². The maximum absolute atomic E-state index is 3.59. The summed E-state index contributed by atoms with van der Waals surface area (Å²) in [5.41, 5.74) is 1.46. The molecule has 0 aromatic heterocycles. The van der Waals surface area contributed by atoms with Gasteiger partial charge in [-0.25, -0.2) is 0 Å². The van der Waals surface area contributed by atoms with Gasteiger partial charge < -0.3 is 10.2 Å². The Hall–Kier alpha value is -0.860. The van der Waals surface area contributed by atoms with E-state index in [0.29, 0.717) is 0 Å². The lowest BCUT2D eigenvalue weighted by molar-refractivity contribution is 0.324. The first kappa shape index (κ1) is 14.5. The standard InChI is InChI=1S/C17H28N2/c1-15(2)12-18-13-17-9-11-19(14-17)10-8-16-6-4-3-5-7-16/h3-7,15,17-18H,8-14H2,1-2H3. The van der Waals surface area contributed by atoms with Gasteiger partial charge in [0.1, 0.15) is 0 Å². The number of nitrogens with zero attached hydrogens (tertiary/aromatic N) is 1. The molecule has 1 aliphatic heterocycles. The summed E-state index contributed by atoms with van der Waals surface area (Å²) >= 11 is 0. The summed E-state index contributed by atoms with van der Waals surface area (Å²) in [7, 11) is 0. The van der Waals surface area contributed by atoms with Gasteiger partial charge in [-0.1, -0.05) is 44.2 Å². The van der Waals surface area contributed by atoms with E-state index in [4.69, 9.17) is 0 Å². The predicted octanol–water partition coefficient (Wildman–Crippen LogP) is 2.80. The van der Waals surface area contributed by atoms with Crippen LogP contribution in [0.4, 0.5) is 0 Å². The Bertz CT molecular complexity index is 348. The molecule has 2 rings (SSSR count). The normalized spacial score (nSPS) is 20.3. The number of rotatable bonds is 7. The predicted molar refractivity (Wildman–Crippen MR) is 82.4 cm³/mol. The number of hydrogen-bond acceptors (Lipinski definition) is 2. The van der Waals surface area contributed by atoms with Gasteiger partial charge in [0.2, 0.25) is 0 Å². The molecule has 1 atom stereocenters. The van der Waals surface area contributed by atoms with E-state index >= 15 is 0 Å². The summed E-state index contributed by atoms with van der Waals surface area (Å²) in [5.74, 6) is 1.62. The quantitative estimate of drug-likeness (QED) is 0.811. The zero-order valence-corrected chi connectivity index (χ0v) is 12.4. The second kappa shape index (κ2) is 7.66. The molecule has 2 heteroatoms. The first-order valence-electron chi connectivity index (χ1n) is 7.71. The average Bonchev–Trinajstić information content (AvgIpc) is 2.85. The van der Waals surface area contributed by atoms with Gasteiger partial charge in [-0.3, -0.25) is 0 Å². The van der Waals surface area contributed by atoms with Crippen LogP contribution in [0.1, 0.15) is 25.8 Å². The van der Waals surface area contributed by atoms with E-state index in [9.17, 15) is 0 Å². The average molecular weight is 260 g/mol. The molecule has 1 aromatic rings. The highest BCUT2D eigenvalue weighted by Gasteiger charge is 2.21. The van der Waals surface area contributed by atoms with E-state index in [-0.39, 0.29) is 0 Å². The highest BCUT2D eigenvalue weighted by atomic mass is 15.1. The summed E-state index contributed by atoms with van der Waals surface area (Å²) in [4.78, 5) is 2.62. The highest BCUT2D eigenvalue weighted by Crippen LogP contribution is 2.16. The SMILES string of the molecule is CC(C)CNCC1CCN(CCc2ccccc2)C1. The fourth-order valence-electron chi connectivity index (χ4n) is 2.79. The van der Waals surface area contributed by atoms with Crippen LogP contribution in [0.25, 0.3) is 0 Å². The van der Waals surface area contributed by atoms with E-state index in [2.05, 4.69) is 54.4 Å². The number of benzene rings is 1. The molecule has 0 amide bonds. The van der Waals surface area contributed by atoms with Crippen LogP contribution in [0, 0.1) is 11.8 Å². The minimum Gasteiger partial charge on any atom is -0.316 e. The van der Waals surface area contributed by atoms with Crippen molar-refractivity contribution in [2.45, 2.75) is 26.7 Å². The molecule has 1 heterocycles. The Morgan fingerprint density at radius 2 is 2.05 bits per heavy atom. The summed E-state index contributed by atoms with van der Waals surface area (Å²) in [6.45, 7) is 10.7. The second-order valence-corrected chi connectivity index (χ2v) is 6.24. The van der Waals surface area contributed by atoms with Crippen molar-refractivity contribution in [2.75, 3.05) is 32.7 Å². The van der Waals surface area contributed by atoms with Gasteiger partial charge >= 0.3 is 0 Å². The summed E-state index contributed by atoms with van der Waals surface area (Å²) in [6.07, 6.45) is 2.55. The maximum Gasteiger partial charge on any atom is 0.00224 e. The summed E-state index contributed by atoms with van der Waals surface area (Å²) in [6, 6.07) is 10.8. The minimum absolute atomic E-state index is 0.760. The third kappa shape index (κ3) is 5.33. The van der Waals surface area contributed by atoms with Gasteiger partial charge in [-0.2, -0.15) is 0 Å². The van der Waals surface area contributed by atoms with Crippen molar-refractivity contribution in [2.24, 2.45) is 11.8 Å². The van der Waals surface area contributed by atoms with Gasteiger partial charge in [0.25, 0.3) is 0 Å². The minimum atomic E-state index is 0.760. The largest absolute Gasteiger partial charge is 0.316 e. The van der Waals surface area contributed by atoms with E-state index < -0.39 is 0 Å². The second-order valence-electron chi connectivity index (χ2n) is 6.24. The zero-order chi connectivity index (χ0) is 13.5.